The molecule has 2 aromatic carbocycles. The van der Waals surface area contributed by atoms with Crippen LogP contribution in [0.5, 0.6) is 5.75 Å². The van der Waals surface area contributed by atoms with Crippen molar-refractivity contribution in [1.29, 1.82) is 0 Å². The van der Waals surface area contributed by atoms with Gasteiger partial charge in [-0.3, -0.25) is 9.69 Å². The number of carbonyl (C=O) groups excluding carboxylic acids is 1. The Hall–Kier alpha value is -2.38. The normalized spacial score (nSPS) is 15.7. The van der Waals surface area contributed by atoms with Gasteiger partial charge in [-0.15, -0.1) is 0 Å². The first-order valence-corrected chi connectivity index (χ1v) is 9.06. The lowest BCUT2D eigenvalue weighted by Crippen LogP contribution is -2.38. The predicted octanol–water partition coefficient (Wildman–Crippen LogP) is 4.13. The summed E-state index contributed by atoms with van der Waals surface area (Å²) in [6.07, 6.45) is 1.66. The highest BCUT2D eigenvalue weighted by Crippen LogP contribution is 2.33. The fraction of sp³-hybridized carbons (Fsp3) is 0.158. The van der Waals surface area contributed by atoms with Gasteiger partial charge in [-0.25, -0.2) is 4.39 Å². The summed E-state index contributed by atoms with van der Waals surface area (Å²) in [5, 5.41) is 0. The van der Waals surface area contributed by atoms with E-state index in [1.165, 1.54) is 28.8 Å². The van der Waals surface area contributed by atoms with Crippen LogP contribution in [0.15, 0.2) is 53.4 Å². The first-order chi connectivity index (χ1) is 12.5. The molecule has 0 aromatic heterocycles. The van der Waals surface area contributed by atoms with E-state index in [0.717, 1.165) is 11.4 Å². The van der Waals surface area contributed by atoms with E-state index < -0.39 is 0 Å². The molecule has 0 N–H and O–H groups in total. The third-order valence-corrected chi connectivity index (χ3v) is 5.26. The number of thioether (sulfide) groups is 1. The van der Waals surface area contributed by atoms with Crippen molar-refractivity contribution in [3.63, 3.8) is 0 Å². The molecular formula is C19H17FN2O2S2. The van der Waals surface area contributed by atoms with Crippen molar-refractivity contribution in [3.05, 3.63) is 64.8 Å². The van der Waals surface area contributed by atoms with E-state index in [-0.39, 0.29) is 11.7 Å². The molecule has 1 heterocycles. The lowest BCUT2D eigenvalue weighted by molar-refractivity contribution is -0.122. The maximum atomic E-state index is 13.3. The van der Waals surface area contributed by atoms with Crippen LogP contribution in [0.2, 0.25) is 0 Å². The number of benzene rings is 2. The molecule has 4 nitrogen and oxygen atoms in total. The lowest BCUT2D eigenvalue weighted by Gasteiger charge is -2.25. The van der Waals surface area contributed by atoms with Crippen molar-refractivity contribution in [2.45, 2.75) is 0 Å². The average Bonchev–Trinajstić information content (AvgIpc) is 2.89. The molecule has 0 radical (unpaired) electrons. The van der Waals surface area contributed by atoms with Crippen LogP contribution in [0.25, 0.3) is 6.08 Å². The summed E-state index contributed by atoms with van der Waals surface area (Å²) in [5.41, 5.74) is 1.57. The molecule has 7 heteroatoms. The lowest BCUT2D eigenvalue weighted by atomic mass is 10.2. The maximum Gasteiger partial charge on any atom is 0.267 e. The van der Waals surface area contributed by atoms with E-state index in [4.69, 9.17) is 17.0 Å². The highest BCUT2D eigenvalue weighted by molar-refractivity contribution is 8.26. The van der Waals surface area contributed by atoms with Crippen molar-refractivity contribution < 1.29 is 13.9 Å². The van der Waals surface area contributed by atoms with Crippen LogP contribution < -0.4 is 9.64 Å². The van der Waals surface area contributed by atoms with Gasteiger partial charge in [-0.1, -0.05) is 36.1 Å². The third kappa shape index (κ3) is 4.05. The molecule has 134 valence electrons. The van der Waals surface area contributed by atoms with Crippen LogP contribution >= 0.6 is 24.0 Å². The summed E-state index contributed by atoms with van der Waals surface area (Å²) in [6, 6.07) is 13.7. The fourth-order valence-electron chi connectivity index (χ4n) is 2.50. The Morgan fingerprint density at radius 2 is 2.00 bits per heavy atom. The Kier molecular flexibility index (Phi) is 5.58. The van der Waals surface area contributed by atoms with Crippen molar-refractivity contribution in [1.82, 2.24) is 4.90 Å². The molecule has 1 fully saturated rings. The number of ether oxygens (including phenoxy) is 1. The van der Waals surface area contributed by atoms with Gasteiger partial charge in [0.15, 0.2) is 0 Å². The second-order valence-corrected chi connectivity index (χ2v) is 7.38. The molecular weight excluding hydrogens is 371 g/mol. The van der Waals surface area contributed by atoms with E-state index in [1.54, 1.807) is 25.3 Å². The highest BCUT2D eigenvalue weighted by Gasteiger charge is 2.32. The number of hydrogen-bond donors (Lipinski definition) is 0. The summed E-state index contributed by atoms with van der Waals surface area (Å²) in [4.78, 5) is 16.6. The van der Waals surface area contributed by atoms with Crippen LogP contribution in [0.4, 0.5) is 10.1 Å². The van der Waals surface area contributed by atoms with E-state index in [0.29, 0.717) is 21.5 Å². The van der Waals surface area contributed by atoms with Crippen LogP contribution in [-0.4, -0.2) is 36.0 Å². The van der Waals surface area contributed by atoms with Crippen molar-refractivity contribution in [2.75, 3.05) is 25.7 Å². The quantitative estimate of drug-likeness (QED) is 0.568. The highest BCUT2D eigenvalue weighted by atomic mass is 32.2. The third-order valence-electron chi connectivity index (χ3n) is 3.89. The molecule has 26 heavy (non-hydrogen) atoms. The number of rotatable bonds is 5. The fourth-order valence-corrected chi connectivity index (χ4v) is 3.74. The zero-order chi connectivity index (χ0) is 18.7. The summed E-state index contributed by atoms with van der Waals surface area (Å²) >= 11 is 6.58. The molecule has 0 spiro atoms. The van der Waals surface area contributed by atoms with E-state index in [9.17, 15) is 9.18 Å². The summed E-state index contributed by atoms with van der Waals surface area (Å²) in [7, 11) is 3.50. The number of halogens is 1. The van der Waals surface area contributed by atoms with Gasteiger partial charge in [0, 0.05) is 12.7 Å². The summed E-state index contributed by atoms with van der Waals surface area (Å²) < 4.78 is 19.0. The zero-order valence-corrected chi connectivity index (χ0v) is 15.9. The first kappa shape index (κ1) is 18.4. The molecule has 0 saturated carbocycles. The van der Waals surface area contributed by atoms with Gasteiger partial charge in [-0.2, -0.15) is 0 Å². The van der Waals surface area contributed by atoms with Gasteiger partial charge < -0.3 is 9.64 Å². The Labute approximate surface area is 161 Å². The number of methoxy groups -OCH3 is 1. The first-order valence-electron chi connectivity index (χ1n) is 7.84. The van der Waals surface area contributed by atoms with Gasteiger partial charge in [0.25, 0.3) is 5.91 Å². The molecule has 1 aliphatic rings. The molecule has 1 saturated heterocycles. The van der Waals surface area contributed by atoms with Crippen molar-refractivity contribution >= 4 is 46.0 Å². The minimum atomic E-state index is -0.339. The molecule has 2 aromatic rings. The second kappa shape index (κ2) is 7.88. The number of hydrogen-bond acceptors (Lipinski definition) is 5. The van der Waals surface area contributed by atoms with Gasteiger partial charge in [0.2, 0.25) is 0 Å². The molecule has 0 bridgehead atoms. The monoisotopic (exact) mass is 388 g/mol. The second-order valence-electron chi connectivity index (χ2n) is 5.70. The zero-order valence-electron chi connectivity index (χ0n) is 14.3. The maximum absolute atomic E-state index is 13.3. The summed E-state index contributed by atoms with van der Waals surface area (Å²) in [6.45, 7) is 0.331. The molecule has 1 aliphatic heterocycles. The largest absolute Gasteiger partial charge is 0.497 e. The Bertz CT molecular complexity index is 868. The number of anilines is 1. The standard InChI is InChI=1S/C19H17FN2O2S2/c1-21(15-6-8-16(24-2)9-7-15)12-22-18(23)17(26-19(22)25)11-13-4-3-5-14(20)10-13/h3-11H,12H2,1-2H3/b17-11+. The van der Waals surface area contributed by atoms with Gasteiger partial charge in [0.05, 0.1) is 18.7 Å². The van der Waals surface area contributed by atoms with Crippen molar-refractivity contribution in [3.8, 4) is 5.75 Å². The summed E-state index contributed by atoms with van der Waals surface area (Å²) in [5.74, 6) is 0.254. The molecule has 1 amide bonds. The van der Waals surface area contributed by atoms with Gasteiger partial charge in [-0.05, 0) is 48.0 Å². The topological polar surface area (TPSA) is 32.8 Å². The molecule has 0 aliphatic carbocycles. The molecule has 0 atom stereocenters. The van der Waals surface area contributed by atoms with Crippen LogP contribution in [0, 0.1) is 5.82 Å². The Balaban J connectivity index is 1.74. The van der Waals surface area contributed by atoms with Crippen LogP contribution in [0.1, 0.15) is 5.56 Å². The van der Waals surface area contributed by atoms with E-state index >= 15 is 0 Å². The number of amides is 1. The minimum absolute atomic E-state index is 0.176. The molecule has 0 unspecified atom stereocenters. The number of nitrogens with zero attached hydrogens (tertiary/aromatic N) is 2. The van der Waals surface area contributed by atoms with Crippen molar-refractivity contribution in [2.24, 2.45) is 0 Å². The Morgan fingerprint density at radius 3 is 2.65 bits per heavy atom. The van der Waals surface area contributed by atoms with E-state index in [1.807, 2.05) is 36.2 Å². The molecule has 3 rings (SSSR count). The smallest absolute Gasteiger partial charge is 0.267 e. The van der Waals surface area contributed by atoms with Crippen LogP contribution in [-0.2, 0) is 4.79 Å². The number of carbonyl (C=O) groups is 1. The van der Waals surface area contributed by atoms with Gasteiger partial charge in [0.1, 0.15) is 15.9 Å². The Morgan fingerprint density at radius 1 is 1.27 bits per heavy atom. The predicted molar refractivity (Wildman–Crippen MR) is 108 cm³/mol. The SMILES string of the molecule is COc1ccc(N(C)CN2C(=O)/C(=C\c3cccc(F)c3)SC2=S)cc1. The minimum Gasteiger partial charge on any atom is -0.497 e. The van der Waals surface area contributed by atoms with Gasteiger partial charge >= 0.3 is 0 Å². The van der Waals surface area contributed by atoms with Crippen LogP contribution in [0.3, 0.4) is 0 Å². The number of thiocarbonyl (C=S) groups is 1. The van der Waals surface area contributed by atoms with E-state index in [2.05, 4.69) is 0 Å². The average molecular weight is 388 g/mol.